The van der Waals surface area contributed by atoms with E-state index < -0.39 is 0 Å². The van der Waals surface area contributed by atoms with Crippen LogP contribution in [0.5, 0.6) is 5.75 Å². The number of H-pyrrole nitrogens is 1. The van der Waals surface area contributed by atoms with Crippen molar-refractivity contribution in [2.75, 3.05) is 19.7 Å². The molecule has 0 atom stereocenters. The van der Waals surface area contributed by atoms with E-state index in [2.05, 4.69) is 16.0 Å². The number of piperidine rings is 1. The summed E-state index contributed by atoms with van der Waals surface area (Å²) in [5.74, 6) is 1.44. The van der Waals surface area contributed by atoms with Crippen molar-refractivity contribution in [2.24, 2.45) is 5.92 Å². The number of aromatic amines is 1. The van der Waals surface area contributed by atoms with Crippen molar-refractivity contribution in [1.82, 2.24) is 14.5 Å². The van der Waals surface area contributed by atoms with Crippen molar-refractivity contribution in [3.05, 3.63) is 61.4 Å². The summed E-state index contributed by atoms with van der Waals surface area (Å²) in [4.78, 5) is 30.6. The van der Waals surface area contributed by atoms with Gasteiger partial charge in [0.15, 0.2) is 0 Å². The largest absolute Gasteiger partial charge is 0.494 e. The van der Waals surface area contributed by atoms with Crippen molar-refractivity contribution >= 4 is 11.6 Å². The second kappa shape index (κ2) is 10.7. The molecule has 1 aromatic carbocycles. The monoisotopic (exact) mass is 459 g/mol. The molecule has 0 amide bonds. The van der Waals surface area contributed by atoms with Gasteiger partial charge in [-0.2, -0.15) is 0 Å². The smallest absolute Gasteiger partial charge is 0.328 e. The van der Waals surface area contributed by atoms with Crippen LogP contribution in [0.1, 0.15) is 69.2 Å². The first-order chi connectivity index (χ1) is 15.5. The van der Waals surface area contributed by atoms with E-state index in [0.29, 0.717) is 19.1 Å². The molecule has 0 spiro atoms. The molecule has 1 aromatic heterocycles. The van der Waals surface area contributed by atoms with Crippen LogP contribution in [-0.4, -0.2) is 34.1 Å². The van der Waals surface area contributed by atoms with Crippen LogP contribution in [0.2, 0.25) is 5.02 Å². The minimum atomic E-state index is -0.252. The molecule has 2 fully saturated rings. The first kappa shape index (κ1) is 23.1. The molecule has 4 rings (SSSR count). The van der Waals surface area contributed by atoms with Crippen LogP contribution in [0.15, 0.2) is 33.9 Å². The number of likely N-dealkylation sites (tertiary alicyclic amines) is 1. The Morgan fingerprint density at radius 3 is 2.50 bits per heavy atom. The Hall–Kier alpha value is -2.05. The van der Waals surface area contributed by atoms with Gasteiger partial charge in [-0.05, 0) is 81.8 Å². The van der Waals surface area contributed by atoms with E-state index in [4.69, 9.17) is 16.3 Å². The topological polar surface area (TPSA) is 67.3 Å². The molecule has 32 heavy (non-hydrogen) atoms. The summed E-state index contributed by atoms with van der Waals surface area (Å²) >= 11 is 6.42. The number of hydrogen-bond donors (Lipinski definition) is 1. The number of benzene rings is 1. The van der Waals surface area contributed by atoms with Gasteiger partial charge < -0.3 is 9.72 Å². The maximum absolute atomic E-state index is 12.7. The van der Waals surface area contributed by atoms with Crippen molar-refractivity contribution in [2.45, 2.75) is 70.9 Å². The van der Waals surface area contributed by atoms with E-state index in [1.807, 2.05) is 19.1 Å². The van der Waals surface area contributed by atoms with Gasteiger partial charge in [-0.3, -0.25) is 14.3 Å². The number of rotatable bonds is 7. The van der Waals surface area contributed by atoms with E-state index in [1.54, 1.807) is 6.07 Å². The SMILES string of the molecule is CCOc1ccc(Cl)c(CC2CCN(Cc3cc(=O)n(C4CCCCC4)c(=O)[nH]3)CC2)c1. The lowest BCUT2D eigenvalue weighted by atomic mass is 9.90. The summed E-state index contributed by atoms with van der Waals surface area (Å²) in [6.07, 6.45) is 8.31. The second-order valence-corrected chi connectivity index (χ2v) is 9.62. The van der Waals surface area contributed by atoms with Crippen molar-refractivity contribution < 1.29 is 4.74 Å². The highest BCUT2D eigenvalue weighted by Gasteiger charge is 2.22. The fourth-order valence-electron chi connectivity index (χ4n) is 5.19. The number of halogens is 1. The second-order valence-electron chi connectivity index (χ2n) is 9.21. The van der Waals surface area contributed by atoms with E-state index in [1.165, 1.54) is 11.0 Å². The van der Waals surface area contributed by atoms with Gasteiger partial charge in [-0.25, -0.2) is 4.79 Å². The summed E-state index contributed by atoms with van der Waals surface area (Å²) in [6.45, 7) is 5.13. The van der Waals surface area contributed by atoms with Gasteiger partial charge in [-0.1, -0.05) is 30.9 Å². The summed E-state index contributed by atoms with van der Waals surface area (Å²) in [7, 11) is 0. The molecule has 1 aliphatic heterocycles. The maximum Gasteiger partial charge on any atom is 0.328 e. The van der Waals surface area contributed by atoms with E-state index in [9.17, 15) is 9.59 Å². The lowest BCUT2D eigenvalue weighted by Gasteiger charge is -2.32. The Bertz CT molecular complexity index is 987. The van der Waals surface area contributed by atoms with Crippen LogP contribution < -0.4 is 16.0 Å². The van der Waals surface area contributed by atoms with E-state index >= 15 is 0 Å². The van der Waals surface area contributed by atoms with Gasteiger partial charge >= 0.3 is 5.69 Å². The molecule has 0 radical (unpaired) electrons. The zero-order valence-corrected chi connectivity index (χ0v) is 19.7. The molecule has 1 saturated carbocycles. The lowest BCUT2D eigenvalue weighted by molar-refractivity contribution is 0.174. The van der Waals surface area contributed by atoms with E-state index in [-0.39, 0.29) is 17.3 Å². The molecule has 0 unspecified atom stereocenters. The number of nitrogens with one attached hydrogen (secondary N) is 1. The Balaban J connectivity index is 1.34. The van der Waals surface area contributed by atoms with Gasteiger partial charge in [0, 0.05) is 29.4 Å². The Labute approximate surface area is 194 Å². The summed E-state index contributed by atoms with van der Waals surface area (Å²) in [6, 6.07) is 7.58. The fourth-order valence-corrected chi connectivity index (χ4v) is 5.38. The van der Waals surface area contributed by atoms with E-state index in [0.717, 1.165) is 80.1 Å². The Kier molecular flexibility index (Phi) is 7.74. The molecule has 174 valence electrons. The van der Waals surface area contributed by atoms with Crippen molar-refractivity contribution in [1.29, 1.82) is 0 Å². The molecule has 2 aliphatic rings. The number of aromatic nitrogens is 2. The lowest BCUT2D eigenvalue weighted by Crippen LogP contribution is -2.40. The summed E-state index contributed by atoms with van der Waals surface area (Å²) < 4.78 is 7.06. The number of ether oxygens (including phenoxy) is 1. The van der Waals surface area contributed by atoms with Gasteiger partial charge in [-0.15, -0.1) is 0 Å². The first-order valence-corrected chi connectivity index (χ1v) is 12.4. The average molecular weight is 460 g/mol. The van der Waals surface area contributed by atoms with Crippen LogP contribution in [0.25, 0.3) is 0 Å². The average Bonchev–Trinajstić information content (AvgIpc) is 2.78. The molecular weight excluding hydrogens is 426 g/mol. The maximum atomic E-state index is 12.7. The molecule has 1 saturated heterocycles. The van der Waals surface area contributed by atoms with Gasteiger partial charge in [0.25, 0.3) is 5.56 Å². The molecule has 1 N–H and O–H groups in total. The zero-order valence-electron chi connectivity index (χ0n) is 18.9. The molecular formula is C25H34ClN3O3. The Morgan fingerprint density at radius 1 is 1.06 bits per heavy atom. The minimum Gasteiger partial charge on any atom is -0.494 e. The normalized spacial score (nSPS) is 18.7. The fraction of sp³-hybridized carbons (Fsp3) is 0.600. The zero-order chi connectivity index (χ0) is 22.5. The quantitative estimate of drug-likeness (QED) is 0.659. The van der Waals surface area contributed by atoms with Crippen molar-refractivity contribution in [3.8, 4) is 5.75 Å². The highest BCUT2D eigenvalue weighted by molar-refractivity contribution is 6.31. The van der Waals surface area contributed by atoms with Gasteiger partial charge in [0.2, 0.25) is 0 Å². The van der Waals surface area contributed by atoms with Crippen LogP contribution >= 0.6 is 11.6 Å². The molecule has 2 aromatic rings. The van der Waals surface area contributed by atoms with Gasteiger partial charge in [0.05, 0.1) is 6.61 Å². The standard InChI is InChI=1S/C25H34ClN3O3/c1-2-32-22-8-9-23(26)19(15-22)14-18-10-12-28(13-11-18)17-20-16-24(30)29(25(31)27-20)21-6-4-3-5-7-21/h8-9,15-16,18,21H,2-7,10-14,17H2,1H3,(H,27,31). The Morgan fingerprint density at radius 2 is 1.81 bits per heavy atom. The van der Waals surface area contributed by atoms with Crippen LogP contribution in [-0.2, 0) is 13.0 Å². The number of nitrogens with zero attached hydrogens (tertiary/aromatic N) is 2. The minimum absolute atomic E-state index is 0.0536. The molecule has 7 heteroatoms. The third kappa shape index (κ3) is 5.65. The third-order valence-electron chi connectivity index (χ3n) is 6.90. The molecule has 2 heterocycles. The van der Waals surface area contributed by atoms with Crippen LogP contribution in [0.4, 0.5) is 0 Å². The summed E-state index contributed by atoms with van der Waals surface area (Å²) in [5.41, 5.74) is 1.46. The van der Waals surface area contributed by atoms with Crippen LogP contribution in [0.3, 0.4) is 0 Å². The predicted molar refractivity (Wildman–Crippen MR) is 128 cm³/mol. The summed E-state index contributed by atoms with van der Waals surface area (Å²) in [5, 5.41) is 0.798. The first-order valence-electron chi connectivity index (χ1n) is 12.0. The van der Waals surface area contributed by atoms with Crippen molar-refractivity contribution in [3.63, 3.8) is 0 Å². The molecule has 6 nitrogen and oxygen atoms in total. The number of hydrogen-bond acceptors (Lipinski definition) is 4. The third-order valence-corrected chi connectivity index (χ3v) is 7.27. The van der Waals surface area contributed by atoms with Gasteiger partial charge in [0.1, 0.15) is 5.75 Å². The molecule has 0 bridgehead atoms. The molecule has 1 aliphatic carbocycles. The predicted octanol–water partition coefficient (Wildman–Crippen LogP) is 4.55. The highest BCUT2D eigenvalue weighted by Crippen LogP contribution is 2.29. The highest BCUT2D eigenvalue weighted by atomic mass is 35.5. The van der Waals surface area contributed by atoms with Crippen LogP contribution in [0, 0.1) is 5.92 Å².